The van der Waals surface area contributed by atoms with E-state index in [2.05, 4.69) is 47.2 Å². The number of unbranched alkanes of at least 4 members (excludes halogenated alkanes) is 2. The van der Waals surface area contributed by atoms with Gasteiger partial charge in [0.1, 0.15) is 0 Å². The fourth-order valence-corrected chi connectivity index (χ4v) is 2.22. The molecule has 0 bridgehead atoms. The monoisotopic (exact) mass is 241 g/mol. The number of fused-ring (bicyclic) bond motifs is 1. The second-order valence-electron chi connectivity index (χ2n) is 4.38. The zero-order valence-corrected chi connectivity index (χ0v) is 10.4. The van der Waals surface area contributed by atoms with E-state index in [1.807, 2.05) is 0 Å². The Labute approximate surface area is 108 Å². The smallest absolute Gasteiger partial charge is 0.417 e. The molecule has 0 spiro atoms. The summed E-state index contributed by atoms with van der Waals surface area (Å²) < 4.78 is 4.55. The van der Waals surface area contributed by atoms with Crippen LogP contribution in [0, 0.1) is 0 Å². The highest BCUT2D eigenvalue weighted by atomic mass is 16.5. The molecule has 1 radical (unpaired) electrons. The Kier molecular flexibility index (Phi) is 4.77. The van der Waals surface area contributed by atoms with Crippen molar-refractivity contribution in [2.45, 2.75) is 25.7 Å². The Balaban J connectivity index is 1.89. The van der Waals surface area contributed by atoms with Crippen molar-refractivity contribution in [1.82, 2.24) is 0 Å². The van der Waals surface area contributed by atoms with Gasteiger partial charge < -0.3 is 4.74 Å². The van der Waals surface area contributed by atoms with Gasteiger partial charge in [-0.2, -0.15) is 0 Å². The molecule has 0 aromatic heterocycles. The fraction of sp³-hybridized carbons (Fsp3) is 0.312. The summed E-state index contributed by atoms with van der Waals surface area (Å²) in [5.41, 5.74) is 1.40. The minimum absolute atomic E-state index is 0.485. The van der Waals surface area contributed by atoms with E-state index in [1.54, 1.807) is 0 Å². The van der Waals surface area contributed by atoms with E-state index in [0.29, 0.717) is 6.61 Å². The Bertz CT molecular complexity index is 500. The quantitative estimate of drug-likeness (QED) is 0.692. The zero-order chi connectivity index (χ0) is 12.6. The van der Waals surface area contributed by atoms with Crippen molar-refractivity contribution in [2.24, 2.45) is 0 Å². The average molecular weight is 241 g/mol. The molecule has 2 heteroatoms. The predicted molar refractivity (Wildman–Crippen MR) is 73.1 cm³/mol. The summed E-state index contributed by atoms with van der Waals surface area (Å²) in [6.45, 7) is 1.94. The lowest BCUT2D eigenvalue weighted by Crippen LogP contribution is -1.93. The van der Waals surface area contributed by atoms with Crippen LogP contribution in [-0.4, -0.2) is 13.1 Å². The number of rotatable bonds is 7. The third-order valence-corrected chi connectivity index (χ3v) is 3.13. The van der Waals surface area contributed by atoms with Crippen LogP contribution in [-0.2, 0) is 16.0 Å². The molecule has 0 saturated heterocycles. The lowest BCUT2D eigenvalue weighted by Gasteiger charge is -2.06. The van der Waals surface area contributed by atoms with Gasteiger partial charge in [-0.25, -0.2) is 4.79 Å². The molecule has 0 aliphatic carbocycles. The van der Waals surface area contributed by atoms with Crippen molar-refractivity contribution in [3.8, 4) is 0 Å². The maximum atomic E-state index is 9.86. The third kappa shape index (κ3) is 3.33. The first kappa shape index (κ1) is 12.6. The van der Waals surface area contributed by atoms with Crippen molar-refractivity contribution < 1.29 is 9.53 Å². The molecule has 0 atom stereocenters. The van der Waals surface area contributed by atoms with Gasteiger partial charge in [-0.15, -0.1) is 0 Å². The molecule has 93 valence electrons. The van der Waals surface area contributed by atoms with Crippen LogP contribution >= 0.6 is 0 Å². The van der Waals surface area contributed by atoms with E-state index < -0.39 is 0 Å². The van der Waals surface area contributed by atoms with Gasteiger partial charge >= 0.3 is 6.47 Å². The molecule has 0 heterocycles. The Morgan fingerprint density at radius 3 is 2.67 bits per heavy atom. The largest absolute Gasteiger partial charge is 0.457 e. The number of hydrogen-bond acceptors (Lipinski definition) is 2. The number of ether oxygens (including phenoxy) is 1. The minimum atomic E-state index is 0.485. The van der Waals surface area contributed by atoms with Gasteiger partial charge in [-0.1, -0.05) is 42.5 Å². The Morgan fingerprint density at radius 2 is 1.78 bits per heavy atom. The summed E-state index contributed by atoms with van der Waals surface area (Å²) in [5.74, 6) is 0. The molecule has 2 aromatic carbocycles. The number of hydrogen-bond donors (Lipinski definition) is 0. The van der Waals surface area contributed by atoms with Gasteiger partial charge in [0.2, 0.25) is 0 Å². The maximum Gasteiger partial charge on any atom is 0.417 e. The summed E-state index contributed by atoms with van der Waals surface area (Å²) in [6, 6.07) is 14.9. The molecule has 0 amide bonds. The first-order chi connectivity index (χ1) is 8.92. The molecule has 2 rings (SSSR count). The summed E-state index contributed by atoms with van der Waals surface area (Å²) in [6.07, 6.45) is 4.19. The van der Waals surface area contributed by atoms with E-state index in [9.17, 15) is 4.79 Å². The SMILES string of the molecule is O=[C]OCCCCCc1cccc2ccccc12. The minimum Gasteiger partial charge on any atom is -0.457 e. The summed E-state index contributed by atoms with van der Waals surface area (Å²) in [5, 5.41) is 2.64. The van der Waals surface area contributed by atoms with Gasteiger partial charge in [0.05, 0.1) is 6.61 Å². The van der Waals surface area contributed by atoms with E-state index in [-0.39, 0.29) is 0 Å². The lowest BCUT2D eigenvalue weighted by atomic mass is 10.00. The van der Waals surface area contributed by atoms with Gasteiger partial charge in [0, 0.05) is 0 Å². The van der Waals surface area contributed by atoms with Gasteiger partial charge in [-0.3, -0.25) is 0 Å². The molecule has 0 aliphatic heterocycles. The molecule has 2 nitrogen and oxygen atoms in total. The van der Waals surface area contributed by atoms with Crippen molar-refractivity contribution in [3.05, 3.63) is 48.0 Å². The molecule has 0 fully saturated rings. The van der Waals surface area contributed by atoms with Crippen molar-refractivity contribution >= 4 is 17.2 Å². The number of benzene rings is 2. The van der Waals surface area contributed by atoms with Crippen LogP contribution < -0.4 is 0 Å². The molecule has 0 aliphatic rings. The van der Waals surface area contributed by atoms with Crippen molar-refractivity contribution in [1.29, 1.82) is 0 Å². The van der Waals surface area contributed by atoms with Crippen LogP contribution in [0.1, 0.15) is 24.8 Å². The molecule has 18 heavy (non-hydrogen) atoms. The maximum absolute atomic E-state index is 9.86. The topological polar surface area (TPSA) is 26.3 Å². The van der Waals surface area contributed by atoms with E-state index in [1.165, 1.54) is 22.8 Å². The van der Waals surface area contributed by atoms with Crippen LogP contribution in [0.4, 0.5) is 0 Å². The second-order valence-corrected chi connectivity index (χ2v) is 4.38. The van der Waals surface area contributed by atoms with Crippen molar-refractivity contribution in [3.63, 3.8) is 0 Å². The van der Waals surface area contributed by atoms with E-state index in [0.717, 1.165) is 25.7 Å². The van der Waals surface area contributed by atoms with E-state index >= 15 is 0 Å². The molecule has 0 N–H and O–H groups in total. The second kappa shape index (κ2) is 6.80. The van der Waals surface area contributed by atoms with Crippen LogP contribution in [0.5, 0.6) is 0 Å². The van der Waals surface area contributed by atoms with Crippen LogP contribution in [0.15, 0.2) is 42.5 Å². The lowest BCUT2D eigenvalue weighted by molar-refractivity contribution is 0.269. The third-order valence-electron chi connectivity index (χ3n) is 3.13. The predicted octanol–water partition coefficient (Wildman–Crippen LogP) is 3.64. The van der Waals surface area contributed by atoms with Gasteiger partial charge in [-0.05, 0) is 42.0 Å². The average Bonchev–Trinajstić information content (AvgIpc) is 2.43. The normalized spacial score (nSPS) is 10.4. The highest BCUT2D eigenvalue weighted by Gasteiger charge is 2.00. The standard InChI is InChI=1S/C16H17O2/c17-13-18-12-5-1-2-7-14-9-6-10-15-8-3-4-11-16(14)15/h3-4,6,8-11H,1-2,5,7,12H2. The highest BCUT2D eigenvalue weighted by molar-refractivity contribution is 5.85. The summed E-state index contributed by atoms with van der Waals surface area (Å²) in [7, 11) is 0. The zero-order valence-electron chi connectivity index (χ0n) is 10.4. The van der Waals surface area contributed by atoms with Crippen LogP contribution in [0.3, 0.4) is 0 Å². The molecular formula is C16H17O2. The first-order valence-electron chi connectivity index (χ1n) is 6.37. The molecule has 0 saturated carbocycles. The summed E-state index contributed by atoms with van der Waals surface area (Å²) in [4.78, 5) is 9.86. The van der Waals surface area contributed by atoms with Gasteiger partial charge in [0.25, 0.3) is 0 Å². The van der Waals surface area contributed by atoms with E-state index in [4.69, 9.17) is 0 Å². The molecule has 2 aromatic rings. The van der Waals surface area contributed by atoms with Crippen LogP contribution in [0.2, 0.25) is 0 Å². The molecule has 0 unspecified atom stereocenters. The van der Waals surface area contributed by atoms with Crippen LogP contribution in [0.25, 0.3) is 10.8 Å². The first-order valence-corrected chi connectivity index (χ1v) is 6.37. The Morgan fingerprint density at radius 1 is 0.944 bits per heavy atom. The number of aryl methyl sites for hydroxylation is 1. The summed E-state index contributed by atoms with van der Waals surface area (Å²) >= 11 is 0. The highest BCUT2D eigenvalue weighted by Crippen LogP contribution is 2.20. The van der Waals surface area contributed by atoms with Crippen molar-refractivity contribution in [2.75, 3.05) is 6.61 Å². The fourth-order valence-electron chi connectivity index (χ4n) is 2.22. The van der Waals surface area contributed by atoms with Gasteiger partial charge in [0.15, 0.2) is 0 Å². The Hall–Kier alpha value is -1.83. The molecular weight excluding hydrogens is 224 g/mol. The number of carbonyl (C=O) groups excluding carboxylic acids is 1.